The topological polar surface area (TPSA) is 35.5 Å². The van der Waals surface area contributed by atoms with Crippen LogP contribution < -0.4 is 5.32 Å². The summed E-state index contributed by atoms with van der Waals surface area (Å²) in [5.41, 5.74) is 0. The van der Waals surface area contributed by atoms with Crippen molar-refractivity contribution in [2.24, 2.45) is 11.8 Å². The molecular weight excluding hydrogens is 164 g/mol. The van der Waals surface area contributed by atoms with E-state index in [1.165, 1.54) is 32.5 Å². The number of nitrogens with one attached hydrogen (secondary N) is 1. The van der Waals surface area contributed by atoms with E-state index in [1.54, 1.807) is 0 Å². The van der Waals surface area contributed by atoms with Crippen molar-refractivity contribution in [3.63, 3.8) is 0 Å². The van der Waals surface area contributed by atoms with Gasteiger partial charge >= 0.3 is 0 Å². The third kappa shape index (κ3) is 2.22. The van der Waals surface area contributed by atoms with Gasteiger partial charge in [0.05, 0.1) is 6.61 Å². The fourth-order valence-electron chi connectivity index (χ4n) is 2.69. The molecule has 0 spiro atoms. The highest BCUT2D eigenvalue weighted by atomic mass is 16.3. The Hall–Kier alpha value is -0.120. The molecule has 13 heavy (non-hydrogen) atoms. The van der Waals surface area contributed by atoms with E-state index in [9.17, 15) is 0 Å². The maximum atomic E-state index is 8.65. The van der Waals surface area contributed by atoms with Crippen molar-refractivity contribution in [1.29, 1.82) is 0 Å². The van der Waals surface area contributed by atoms with E-state index in [0.29, 0.717) is 0 Å². The quantitative estimate of drug-likeness (QED) is 0.599. The van der Waals surface area contributed by atoms with Gasteiger partial charge < -0.3 is 15.3 Å². The highest BCUT2D eigenvalue weighted by molar-refractivity contribution is 4.87. The zero-order valence-electron chi connectivity index (χ0n) is 8.21. The molecule has 3 saturated heterocycles. The summed E-state index contributed by atoms with van der Waals surface area (Å²) < 4.78 is 0. The van der Waals surface area contributed by atoms with Crippen molar-refractivity contribution in [2.75, 3.05) is 39.3 Å². The Labute approximate surface area is 80.1 Å². The molecule has 0 aromatic rings. The molecule has 1 unspecified atom stereocenters. The third-order valence-corrected chi connectivity index (χ3v) is 3.49. The van der Waals surface area contributed by atoms with Crippen LogP contribution >= 0.6 is 0 Å². The second kappa shape index (κ2) is 4.40. The molecule has 0 aliphatic carbocycles. The molecule has 3 aliphatic rings. The van der Waals surface area contributed by atoms with Gasteiger partial charge in [-0.15, -0.1) is 0 Å². The zero-order valence-corrected chi connectivity index (χ0v) is 8.21. The van der Waals surface area contributed by atoms with Crippen LogP contribution in [-0.2, 0) is 0 Å². The number of hydrogen-bond donors (Lipinski definition) is 2. The van der Waals surface area contributed by atoms with Crippen LogP contribution in [0.15, 0.2) is 0 Å². The molecule has 76 valence electrons. The Balaban J connectivity index is 1.74. The van der Waals surface area contributed by atoms with E-state index in [1.807, 2.05) is 0 Å². The molecule has 3 aliphatic heterocycles. The van der Waals surface area contributed by atoms with Crippen LogP contribution in [0.4, 0.5) is 0 Å². The van der Waals surface area contributed by atoms with Crippen molar-refractivity contribution in [3.8, 4) is 0 Å². The van der Waals surface area contributed by atoms with Gasteiger partial charge in [-0.3, -0.25) is 0 Å². The summed E-state index contributed by atoms with van der Waals surface area (Å²) in [6.45, 7) is 6.04. The van der Waals surface area contributed by atoms with Gasteiger partial charge in [0, 0.05) is 13.1 Å². The first-order chi connectivity index (χ1) is 6.40. The average Bonchev–Trinajstić information content (AvgIpc) is 2.20. The summed E-state index contributed by atoms with van der Waals surface area (Å²) in [7, 11) is 0. The van der Waals surface area contributed by atoms with E-state index in [-0.39, 0.29) is 6.61 Å². The van der Waals surface area contributed by atoms with Gasteiger partial charge in [-0.25, -0.2) is 0 Å². The third-order valence-electron chi connectivity index (χ3n) is 3.49. The van der Waals surface area contributed by atoms with Gasteiger partial charge in [0.25, 0.3) is 0 Å². The fraction of sp³-hybridized carbons (Fsp3) is 1.00. The highest BCUT2D eigenvalue weighted by Crippen LogP contribution is 2.31. The van der Waals surface area contributed by atoms with E-state index < -0.39 is 0 Å². The molecular formula is C10H20N2O. The molecule has 1 atom stereocenters. The van der Waals surface area contributed by atoms with Crippen LogP contribution in [0, 0.1) is 11.8 Å². The zero-order chi connectivity index (χ0) is 9.10. The van der Waals surface area contributed by atoms with Crippen molar-refractivity contribution >= 4 is 0 Å². The first-order valence-corrected chi connectivity index (χ1v) is 5.44. The molecule has 0 amide bonds. The normalized spacial score (nSPS) is 38.1. The maximum Gasteiger partial charge on any atom is 0.0555 e. The van der Waals surface area contributed by atoms with Crippen LogP contribution in [-0.4, -0.2) is 49.3 Å². The van der Waals surface area contributed by atoms with Crippen LogP contribution in [0.1, 0.15) is 12.8 Å². The molecule has 0 aromatic heterocycles. The second-order valence-electron chi connectivity index (χ2n) is 4.33. The summed E-state index contributed by atoms with van der Waals surface area (Å²) >= 11 is 0. The summed E-state index contributed by atoms with van der Waals surface area (Å²) in [6.07, 6.45) is 2.79. The molecule has 3 fully saturated rings. The lowest BCUT2D eigenvalue weighted by atomic mass is 9.79. The molecule has 2 bridgehead atoms. The van der Waals surface area contributed by atoms with Gasteiger partial charge in [0.15, 0.2) is 0 Å². The number of piperidine rings is 3. The smallest absolute Gasteiger partial charge is 0.0555 e. The lowest BCUT2D eigenvalue weighted by Crippen LogP contribution is -2.50. The van der Waals surface area contributed by atoms with Crippen LogP contribution in [0.25, 0.3) is 0 Å². The Bertz CT molecular complexity index is 155. The Morgan fingerprint density at radius 2 is 2.08 bits per heavy atom. The molecule has 3 heteroatoms. The average molecular weight is 184 g/mol. The molecule has 3 rings (SSSR count). The van der Waals surface area contributed by atoms with Gasteiger partial charge in [-0.05, 0) is 44.3 Å². The van der Waals surface area contributed by atoms with Crippen LogP contribution in [0.3, 0.4) is 0 Å². The highest BCUT2D eigenvalue weighted by Gasteiger charge is 2.33. The number of aliphatic hydroxyl groups excluding tert-OH is 1. The van der Waals surface area contributed by atoms with Crippen LogP contribution in [0.5, 0.6) is 0 Å². The molecule has 0 saturated carbocycles. The second-order valence-corrected chi connectivity index (χ2v) is 4.33. The van der Waals surface area contributed by atoms with Gasteiger partial charge in [-0.1, -0.05) is 0 Å². The number of hydrogen-bond acceptors (Lipinski definition) is 3. The maximum absolute atomic E-state index is 8.65. The first-order valence-electron chi connectivity index (χ1n) is 5.44. The van der Waals surface area contributed by atoms with Gasteiger partial charge in [0.1, 0.15) is 0 Å². The van der Waals surface area contributed by atoms with Crippen LogP contribution in [0.2, 0.25) is 0 Å². The van der Waals surface area contributed by atoms with E-state index in [4.69, 9.17) is 5.11 Å². The SMILES string of the molecule is OCCNCC1CN2CCC1CC2. The summed E-state index contributed by atoms with van der Waals surface area (Å²) in [6, 6.07) is 0. The monoisotopic (exact) mass is 184 g/mol. The number of rotatable bonds is 4. The number of nitrogens with zero attached hydrogens (tertiary/aromatic N) is 1. The van der Waals surface area contributed by atoms with Gasteiger partial charge in [0.2, 0.25) is 0 Å². The molecule has 3 heterocycles. The minimum atomic E-state index is 0.265. The standard InChI is InChI=1S/C10H20N2O/c13-6-3-11-7-10-8-12-4-1-9(10)2-5-12/h9-11,13H,1-8H2. The lowest BCUT2D eigenvalue weighted by Gasteiger charge is -2.45. The molecule has 0 aromatic carbocycles. The summed E-state index contributed by atoms with van der Waals surface area (Å²) in [5, 5.41) is 12.0. The lowest BCUT2D eigenvalue weighted by molar-refractivity contribution is 0.0506. The Morgan fingerprint density at radius 1 is 1.31 bits per heavy atom. The van der Waals surface area contributed by atoms with E-state index in [2.05, 4.69) is 10.2 Å². The summed E-state index contributed by atoms with van der Waals surface area (Å²) in [5.74, 6) is 1.80. The number of fused-ring (bicyclic) bond motifs is 3. The predicted molar refractivity (Wildman–Crippen MR) is 52.6 cm³/mol. The van der Waals surface area contributed by atoms with Gasteiger partial charge in [-0.2, -0.15) is 0 Å². The van der Waals surface area contributed by atoms with E-state index >= 15 is 0 Å². The van der Waals surface area contributed by atoms with Crippen molar-refractivity contribution in [1.82, 2.24) is 10.2 Å². The molecule has 2 N–H and O–H groups in total. The minimum Gasteiger partial charge on any atom is -0.395 e. The predicted octanol–water partition coefficient (Wildman–Crippen LogP) is -0.0899. The van der Waals surface area contributed by atoms with E-state index in [0.717, 1.165) is 24.9 Å². The Kier molecular flexibility index (Phi) is 3.19. The fourth-order valence-corrected chi connectivity index (χ4v) is 2.69. The molecule has 0 radical (unpaired) electrons. The Morgan fingerprint density at radius 3 is 2.62 bits per heavy atom. The van der Waals surface area contributed by atoms with Crippen molar-refractivity contribution in [3.05, 3.63) is 0 Å². The number of aliphatic hydroxyl groups is 1. The molecule has 3 nitrogen and oxygen atoms in total. The van der Waals surface area contributed by atoms with Crippen molar-refractivity contribution in [2.45, 2.75) is 12.8 Å². The van der Waals surface area contributed by atoms with Crippen molar-refractivity contribution < 1.29 is 5.11 Å². The first kappa shape index (κ1) is 9.44. The summed E-state index contributed by atoms with van der Waals surface area (Å²) in [4.78, 5) is 2.57. The largest absolute Gasteiger partial charge is 0.395 e. The minimum absolute atomic E-state index is 0.265.